The summed E-state index contributed by atoms with van der Waals surface area (Å²) in [7, 11) is 5.81. The Morgan fingerprint density at radius 2 is 0.750 bits per heavy atom. The summed E-state index contributed by atoms with van der Waals surface area (Å²) in [5.74, 6) is -1.26. The first kappa shape index (κ1) is 47.1. The van der Waals surface area contributed by atoms with Crippen LogP contribution in [-0.4, -0.2) is 50.2 Å². The fourth-order valence-corrected chi connectivity index (χ4v) is 7.00. The quantitative estimate of drug-likeness (QED) is 0.0284. The lowest BCUT2D eigenvalue weighted by molar-refractivity contribution is -0.880. The Labute approximate surface area is 300 Å². The second-order valence-electron chi connectivity index (χ2n) is 16.3. The molecule has 0 aromatic heterocycles. The maximum absolute atomic E-state index is 13.0. The first-order valence-corrected chi connectivity index (χ1v) is 21.4. The lowest BCUT2D eigenvalue weighted by atomic mass is 9.94. The van der Waals surface area contributed by atoms with Crippen LogP contribution in [-0.2, 0) is 14.3 Å². The molecule has 0 aliphatic carbocycles. The van der Waals surface area contributed by atoms with E-state index in [9.17, 15) is 14.7 Å². The minimum Gasteiger partial charge on any atom is -0.848 e. The number of hydrogen-bond acceptors (Lipinski definition) is 4. The van der Waals surface area contributed by atoms with E-state index in [1.165, 1.54) is 167 Å². The normalized spacial score (nSPS) is 13.1. The molecular weight excluding hydrogens is 594 g/mol. The average molecular weight is 680 g/mol. The third-order valence-electron chi connectivity index (χ3n) is 10.0. The molecular formula is C43H85NO4. The molecule has 0 aliphatic heterocycles. The number of nitrogens with zero attached hydrogens (tertiary/aromatic N) is 1. The molecule has 0 saturated carbocycles. The van der Waals surface area contributed by atoms with E-state index >= 15 is 0 Å². The van der Waals surface area contributed by atoms with Crippen molar-refractivity contribution >= 4 is 11.9 Å². The highest BCUT2D eigenvalue weighted by molar-refractivity contribution is 5.86. The first-order valence-electron chi connectivity index (χ1n) is 21.4. The first-order chi connectivity index (χ1) is 23.2. The van der Waals surface area contributed by atoms with Crippen molar-refractivity contribution in [3.8, 4) is 0 Å². The Morgan fingerprint density at radius 3 is 1.02 bits per heavy atom. The summed E-state index contributed by atoms with van der Waals surface area (Å²) in [5, 5.41) is 12.3. The fraction of sp³-hybridized carbons (Fsp3) is 0.953. The summed E-state index contributed by atoms with van der Waals surface area (Å²) >= 11 is 0. The number of carbonyl (C=O) groups excluding carboxylic acids is 2. The maximum Gasteiger partial charge on any atom is 0.316 e. The van der Waals surface area contributed by atoms with Gasteiger partial charge >= 0.3 is 11.9 Å². The van der Waals surface area contributed by atoms with Gasteiger partial charge in [-0.2, -0.15) is 0 Å². The van der Waals surface area contributed by atoms with E-state index in [1.54, 1.807) is 0 Å². The van der Waals surface area contributed by atoms with Gasteiger partial charge in [-0.25, -0.2) is 0 Å². The Morgan fingerprint density at radius 1 is 0.479 bits per heavy atom. The number of quaternary nitrogens is 1. The molecule has 0 spiro atoms. The van der Waals surface area contributed by atoms with Gasteiger partial charge < -0.3 is 14.3 Å². The monoisotopic (exact) mass is 680 g/mol. The van der Waals surface area contributed by atoms with Crippen LogP contribution in [0, 0.1) is 5.92 Å². The zero-order valence-corrected chi connectivity index (χ0v) is 33.3. The third-order valence-corrected chi connectivity index (χ3v) is 10.0. The molecule has 0 rings (SSSR count). The fourth-order valence-electron chi connectivity index (χ4n) is 7.00. The molecule has 48 heavy (non-hydrogen) atoms. The Kier molecular flexibility index (Phi) is 33.8. The van der Waals surface area contributed by atoms with Crippen LogP contribution in [0.5, 0.6) is 0 Å². The molecule has 2 unspecified atom stereocenters. The van der Waals surface area contributed by atoms with Crippen LogP contribution in [0.15, 0.2) is 0 Å². The molecule has 0 fully saturated rings. The van der Waals surface area contributed by atoms with Gasteiger partial charge in [0, 0.05) is 6.42 Å². The Balaban J connectivity index is 4.21. The summed E-state index contributed by atoms with van der Waals surface area (Å²) in [4.78, 5) is 25.5. The van der Waals surface area contributed by atoms with Crippen molar-refractivity contribution in [1.29, 1.82) is 0 Å². The predicted octanol–water partition coefficient (Wildman–Crippen LogP) is 12.0. The molecule has 5 nitrogen and oxygen atoms in total. The molecule has 2 atom stereocenters. The van der Waals surface area contributed by atoms with Gasteiger partial charge in [-0.1, -0.05) is 213 Å². The van der Waals surface area contributed by atoms with Crippen molar-refractivity contribution in [1.82, 2.24) is 0 Å². The summed E-state index contributed by atoms with van der Waals surface area (Å²) in [5.41, 5.74) is 0. The number of carbonyl (C=O) groups is 2. The number of esters is 2. The number of unbranched alkanes of at least 4 members (excludes halogenated alkanes) is 28. The standard InChI is InChI=1S/C43H85NO4/c1-6-8-10-12-14-16-18-20-22-23-25-27-29-31-33-35-37-40(43(47)48-42(46)38-41(45)39-44(3,4)5)36-34-32-30-28-26-24-21-19-17-15-13-11-9-7-2/h40-41H,6-39H2,1-5H3. The SMILES string of the molecule is CCCCCCCCCCCCCCCCCCC(CCCCCCCCCCCCCCCC)C(=O)OC(=O)CC([O-])C[N+](C)(C)C. The number of hydrogen-bond donors (Lipinski definition) is 0. The van der Waals surface area contributed by atoms with Gasteiger partial charge in [-0.15, -0.1) is 0 Å². The molecule has 0 aliphatic rings. The van der Waals surface area contributed by atoms with Crippen molar-refractivity contribution < 1.29 is 23.9 Å². The number of likely N-dealkylation sites (N-methyl/N-ethyl adjacent to an activating group) is 1. The second-order valence-corrected chi connectivity index (χ2v) is 16.3. The van der Waals surface area contributed by atoms with Crippen molar-refractivity contribution in [2.45, 2.75) is 232 Å². The van der Waals surface area contributed by atoms with Gasteiger partial charge in [0.1, 0.15) is 0 Å². The van der Waals surface area contributed by atoms with E-state index in [4.69, 9.17) is 4.74 Å². The molecule has 0 heterocycles. The summed E-state index contributed by atoms with van der Waals surface area (Å²) in [6, 6.07) is 0. The highest BCUT2D eigenvalue weighted by Gasteiger charge is 2.23. The highest BCUT2D eigenvalue weighted by atomic mass is 16.6. The molecule has 286 valence electrons. The number of rotatable bonds is 37. The van der Waals surface area contributed by atoms with Crippen LogP contribution < -0.4 is 5.11 Å². The molecule has 0 N–H and O–H groups in total. The molecule has 0 radical (unpaired) electrons. The molecule has 0 bridgehead atoms. The van der Waals surface area contributed by atoms with Gasteiger partial charge in [-0.05, 0) is 12.8 Å². The highest BCUT2D eigenvalue weighted by Crippen LogP contribution is 2.22. The molecule has 0 amide bonds. The van der Waals surface area contributed by atoms with Crippen LogP contribution >= 0.6 is 0 Å². The largest absolute Gasteiger partial charge is 0.848 e. The summed E-state index contributed by atoms with van der Waals surface area (Å²) < 4.78 is 5.76. The lowest BCUT2D eigenvalue weighted by Crippen LogP contribution is -2.47. The zero-order chi connectivity index (χ0) is 35.6. The van der Waals surface area contributed by atoms with Gasteiger partial charge in [0.15, 0.2) is 0 Å². The van der Waals surface area contributed by atoms with Crippen LogP contribution in [0.25, 0.3) is 0 Å². The van der Waals surface area contributed by atoms with Crippen LogP contribution in [0.1, 0.15) is 226 Å². The van der Waals surface area contributed by atoms with Gasteiger partial charge in [0.05, 0.1) is 33.6 Å². The average Bonchev–Trinajstić information content (AvgIpc) is 3.02. The summed E-state index contributed by atoms with van der Waals surface area (Å²) in [6.45, 7) is 4.90. The smallest absolute Gasteiger partial charge is 0.316 e. The van der Waals surface area contributed by atoms with Crippen molar-refractivity contribution in [2.24, 2.45) is 5.92 Å². The Hall–Kier alpha value is -0.940. The van der Waals surface area contributed by atoms with Gasteiger partial charge in [0.2, 0.25) is 0 Å². The maximum atomic E-state index is 13.0. The predicted molar refractivity (Wildman–Crippen MR) is 205 cm³/mol. The van der Waals surface area contributed by atoms with Crippen molar-refractivity contribution in [3.05, 3.63) is 0 Å². The van der Waals surface area contributed by atoms with E-state index < -0.39 is 18.0 Å². The van der Waals surface area contributed by atoms with E-state index in [0.717, 1.165) is 38.5 Å². The van der Waals surface area contributed by atoms with E-state index in [2.05, 4.69) is 13.8 Å². The zero-order valence-electron chi connectivity index (χ0n) is 33.3. The molecule has 0 aromatic carbocycles. The lowest BCUT2D eigenvalue weighted by Gasteiger charge is -2.32. The van der Waals surface area contributed by atoms with Crippen molar-refractivity contribution in [2.75, 3.05) is 27.7 Å². The Bertz CT molecular complexity index is 703. The minimum atomic E-state index is -1.05. The van der Waals surface area contributed by atoms with E-state index in [-0.39, 0.29) is 12.3 Å². The molecule has 0 aromatic rings. The van der Waals surface area contributed by atoms with Gasteiger partial charge in [0.25, 0.3) is 0 Å². The minimum absolute atomic E-state index is 0.221. The van der Waals surface area contributed by atoms with E-state index in [1.807, 2.05) is 21.1 Å². The number of ether oxygens (including phenoxy) is 1. The van der Waals surface area contributed by atoms with Crippen LogP contribution in [0.2, 0.25) is 0 Å². The summed E-state index contributed by atoms with van der Waals surface area (Å²) in [6.07, 6.45) is 40.0. The third kappa shape index (κ3) is 34.9. The van der Waals surface area contributed by atoms with Crippen molar-refractivity contribution in [3.63, 3.8) is 0 Å². The van der Waals surface area contributed by atoms with Gasteiger partial charge in [-0.3, -0.25) is 9.59 Å². The van der Waals surface area contributed by atoms with E-state index in [0.29, 0.717) is 11.0 Å². The van der Waals surface area contributed by atoms with Crippen LogP contribution in [0.4, 0.5) is 0 Å². The molecule has 0 saturated heterocycles. The molecule has 5 heteroatoms. The topological polar surface area (TPSA) is 66.4 Å². The van der Waals surface area contributed by atoms with Crippen LogP contribution in [0.3, 0.4) is 0 Å². The second kappa shape index (κ2) is 34.5.